The van der Waals surface area contributed by atoms with Crippen molar-refractivity contribution in [1.29, 1.82) is 0 Å². The summed E-state index contributed by atoms with van der Waals surface area (Å²) in [4.78, 5) is 21.3. The highest BCUT2D eigenvalue weighted by atomic mass is 79.9. The first kappa shape index (κ1) is 10.1. The van der Waals surface area contributed by atoms with Gasteiger partial charge in [0.05, 0.1) is 10.0 Å². The fourth-order valence-electron chi connectivity index (χ4n) is 0.899. The summed E-state index contributed by atoms with van der Waals surface area (Å²) >= 11 is 2.92. The predicted molar refractivity (Wildman–Crippen MR) is 49.5 cm³/mol. The summed E-state index contributed by atoms with van der Waals surface area (Å²) in [5.74, 6) is -0.844. The minimum absolute atomic E-state index is 0.112. The highest BCUT2D eigenvalue weighted by Gasteiger charge is 2.10. The molecule has 0 bridgehead atoms. The quantitative estimate of drug-likeness (QED) is 0.592. The van der Waals surface area contributed by atoms with Crippen molar-refractivity contribution in [2.24, 2.45) is 0 Å². The molecule has 0 unspecified atom stereocenters. The molecule has 1 rings (SSSR count). The smallest absolute Gasteiger partial charge is 0.159 e. The van der Waals surface area contributed by atoms with Crippen molar-refractivity contribution in [1.82, 2.24) is 0 Å². The summed E-state index contributed by atoms with van der Waals surface area (Å²) in [5, 5.41) is 0. The number of hydrogen-bond donors (Lipinski definition) is 0. The first-order valence-corrected chi connectivity index (χ1v) is 4.30. The van der Waals surface area contributed by atoms with E-state index in [-0.39, 0.29) is 15.8 Å². The maximum absolute atomic E-state index is 13.1. The van der Waals surface area contributed by atoms with Crippen LogP contribution in [0.5, 0.6) is 0 Å². The van der Waals surface area contributed by atoms with Crippen LogP contribution < -0.4 is 0 Å². The molecule has 0 aliphatic carbocycles. The first-order valence-electron chi connectivity index (χ1n) is 3.51. The Morgan fingerprint density at radius 3 is 2.62 bits per heavy atom. The van der Waals surface area contributed by atoms with Crippen molar-refractivity contribution in [3.8, 4) is 0 Å². The molecule has 0 aliphatic rings. The second-order valence-corrected chi connectivity index (χ2v) is 3.39. The van der Waals surface area contributed by atoms with Gasteiger partial charge in [-0.1, -0.05) is 0 Å². The number of Topliss-reactive ketones (excluding diaryl/α,β-unsaturated/α-hetero) is 1. The van der Waals surface area contributed by atoms with Gasteiger partial charge >= 0.3 is 0 Å². The van der Waals surface area contributed by atoms with Gasteiger partial charge in [-0.05, 0) is 35.0 Å². The van der Waals surface area contributed by atoms with Gasteiger partial charge in [0.2, 0.25) is 0 Å². The molecule has 0 aliphatic heterocycles. The number of benzene rings is 1. The van der Waals surface area contributed by atoms with E-state index in [0.29, 0.717) is 11.8 Å². The van der Waals surface area contributed by atoms with Crippen LogP contribution >= 0.6 is 15.9 Å². The molecule has 13 heavy (non-hydrogen) atoms. The van der Waals surface area contributed by atoms with Gasteiger partial charge in [0.1, 0.15) is 5.82 Å². The monoisotopic (exact) mass is 244 g/mol. The maximum atomic E-state index is 13.1. The molecule has 4 heteroatoms. The highest BCUT2D eigenvalue weighted by molar-refractivity contribution is 9.10. The van der Waals surface area contributed by atoms with Gasteiger partial charge in [-0.2, -0.15) is 0 Å². The van der Waals surface area contributed by atoms with Crippen molar-refractivity contribution < 1.29 is 14.0 Å². The third-order valence-corrected chi connectivity index (χ3v) is 2.17. The maximum Gasteiger partial charge on any atom is 0.159 e. The Balaban J connectivity index is 3.38. The van der Waals surface area contributed by atoms with Crippen molar-refractivity contribution in [3.05, 3.63) is 33.5 Å². The molecule has 0 atom stereocenters. The van der Waals surface area contributed by atoms with Crippen LogP contribution in [0.25, 0.3) is 0 Å². The lowest BCUT2D eigenvalue weighted by molar-refractivity contribution is 0.101. The Morgan fingerprint density at radius 2 is 2.15 bits per heavy atom. The molecular formula is C9H6BrFO2. The summed E-state index contributed by atoms with van der Waals surface area (Å²) in [6.45, 7) is 1.36. The van der Waals surface area contributed by atoms with Gasteiger partial charge in [0.15, 0.2) is 12.1 Å². The number of carbonyl (C=O) groups is 2. The zero-order chi connectivity index (χ0) is 10.0. The molecule has 68 valence electrons. The second-order valence-electron chi connectivity index (χ2n) is 2.54. The fourth-order valence-corrected chi connectivity index (χ4v) is 1.37. The van der Waals surface area contributed by atoms with Crippen molar-refractivity contribution >= 4 is 28.0 Å². The largest absolute Gasteiger partial charge is 0.298 e. The van der Waals surface area contributed by atoms with Crippen LogP contribution in [0.4, 0.5) is 4.39 Å². The van der Waals surface area contributed by atoms with E-state index in [1.165, 1.54) is 19.1 Å². The molecular weight excluding hydrogens is 239 g/mol. The van der Waals surface area contributed by atoms with Gasteiger partial charge in [-0.3, -0.25) is 9.59 Å². The number of ketones is 1. The molecule has 0 saturated heterocycles. The normalized spacial score (nSPS) is 9.77. The second kappa shape index (κ2) is 3.79. The molecule has 0 radical (unpaired) electrons. The van der Waals surface area contributed by atoms with E-state index in [0.717, 1.165) is 0 Å². The molecule has 0 aromatic heterocycles. The van der Waals surface area contributed by atoms with E-state index in [9.17, 15) is 14.0 Å². The lowest BCUT2D eigenvalue weighted by Crippen LogP contribution is -1.97. The third-order valence-electron chi connectivity index (χ3n) is 1.59. The number of carbonyl (C=O) groups excluding carboxylic acids is 2. The summed E-state index contributed by atoms with van der Waals surface area (Å²) in [5.41, 5.74) is 0.204. The van der Waals surface area contributed by atoms with E-state index < -0.39 is 5.82 Å². The lowest BCUT2D eigenvalue weighted by Gasteiger charge is -2.01. The number of rotatable bonds is 2. The first-order chi connectivity index (χ1) is 6.06. The average molecular weight is 245 g/mol. The molecule has 2 nitrogen and oxygen atoms in total. The van der Waals surface area contributed by atoms with Crippen LogP contribution in [-0.4, -0.2) is 12.1 Å². The van der Waals surface area contributed by atoms with Gasteiger partial charge in [0.25, 0.3) is 0 Å². The molecule has 1 aromatic rings. The summed E-state index contributed by atoms with van der Waals surface area (Å²) in [7, 11) is 0. The molecule has 0 amide bonds. The Bertz CT molecular complexity index is 374. The molecule has 0 heterocycles. The molecule has 0 fully saturated rings. The Labute approximate surface area is 82.9 Å². The number of aldehydes is 1. The molecule has 1 aromatic carbocycles. The zero-order valence-electron chi connectivity index (χ0n) is 6.80. The zero-order valence-corrected chi connectivity index (χ0v) is 8.39. The van der Waals surface area contributed by atoms with Crippen LogP contribution in [0.1, 0.15) is 27.6 Å². The summed E-state index contributed by atoms with van der Waals surface area (Å²) in [6.07, 6.45) is 0.381. The topological polar surface area (TPSA) is 34.1 Å². The minimum atomic E-state index is -0.639. The fraction of sp³-hybridized carbons (Fsp3) is 0.111. The lowest BCUT2D eigenvalue weighted by atomic mass is 10.1. The van der Waals surface area contributed by atoms with Crippen molar-refractivity contribution in [3.63, 3.8) is 0 Å². The molecule has 0 spiro atoms. The van der Waals surface area contributed by atoms with E-state index in [1.807, 2.05) is 0 Å². The van der Waals surface area contributed by atoms with Gasteiger partial charge in [0, 0.05) is 5.56 Å². The van der Waals surface area contributed by atoms with E-state index in [4.69, 9.17) is 0 Å². The summed E-state index contributed by atoms with van der Waals surface area (Å²) < 4.78 is 13.2. The highest BCUT2D eigenvalue weighted by Crippen LogP contribution is 2.20. The van der Waals surface area contributed by atoms with Gasteiger partial charge in [-0.25, -0.2) is 4.39 Å². The van der Waals surface area contributed by atoms with Crippen LogP contribution in [-0.2, 0) is 0 Å². The van der Waals surface area contributed by atoms with Crippen molar-refractivity contribution in [2.45, 2.75) is 6.92 Å². The predicted octanol–water partition coefficient (Wildman–Crippen LogP) is 2.60. The van der Waals surface area contributed by atoms with Crippen LogP contribution in [0.2, 0.25) is 0 Å². The van der Waals surface area contributed by atoms with Gasteiger partial charge < -0.3 is 0 Å². The number of halogens is 2. The van der Waals surface area contributed by atoms with E-state index >= 15 is 0 Å². The van der Waals surface area contributed by atoms with Crippen molar-refractivity contribution in [2.75, 3.05) is 0 Å². The third kappa shape index (κ3) is 2.01. The van der Waals surface area contributed by atoms with Crippen LogP contribution in [0.15, 0.2) is 16.6 Å². The Morgan fingerprint density at radius 1 is 1.54 bits per heavy atom. The van der Waals surface area contributed by atoms with Crippen LogP contribution in [0, 0.1) is 5.82 Å². The Hall–Kier alpha value is -1.03. The SMILES string of the molecule is CC(=O)c1cc(Br)c(F)c(C=O)c1. The van der Waals surface area contributed by atoms with Gasteiger partial charge in [-0.15, -0.1) is 0 Å². The minimum Gasteiger partial charge on any atom is -0.298 e. The van der Waals surface area contributed by atoms with E-state index in [1.54, 1.807) is 0 Å². The summed E-state index contributed by atoms with van der Waals surface area (Å²) in [6, 6.07) is 2.58. The average Bonchev–Trinajstić information content (AvgIpc) is 2.09. The Kier molecular flexibility index (Phi) is 2.93. The van der Waals surface area contributed by atoms with E-state index in [2.05, 4.69) is 15.9 Å². The molecule has 0 saturated carbocycles. The standard InChI is InChI=1S/C9H6BrFO2/c1-5(13)6-2-7(4-12)9(11)8(10)3-6/h2-4H,1H3. The number of hydrogen-bond acceptors (Lipinski definition) is 2. The van der Waals surface area contributed by atoms with Crippen LogP contribution in [0.3, 0.4) is 0 Å². The molecule has 0 N–H and O–H groups in total.